The van der Waals surface area contributed by atoms with E-state index in [1.54, 1.807) is 55.5 Å². The standard InChI is InChI=1S/C37H36N2O11S3/c1-3-37(41,28-11-20-33(21-12-28)52(45,46)47)38-29-13-7-26(8-14-29)36(34-22-17-31(40)23-35(34)53(48,49)50)27-9-15-30(16-10-27)39(4-2)24-25-5-18-32(19-6-25)51(42,43)44/h5-23,38,41H,3-4,24H2,1-2H3,(H,42,43,44)(H,45,46,47)(H,48,49,50). The number of aliphatic hydroxyl groups is 1. The molecule has 278 valence electrons. The van der Waals surface area contributed by atoms with Gasteiger partial charge in [-0.2, -0.15) is 25.3 Å². The topological polar surface area (TPSA) is 216 Å². The van der Waals surface area contributed by atoms with Gasteiger partial charge < -0.3 is 15.3 Å². The van der Waals surface area contributed by atoms with Crippen molar-refractivity contribution in [3.63, 3.8) is 0 Å². The summed E-state index contributed by atoms with van der Waals surface area (Å²) in [4.78, 5) is 13.1. The fraction of sp³-hybridized carbons (Fsp3) is 0.162. The highest BCUT2D eigenvalue weighted by molar-refractivity contribution is 7.90. The van der Waals surface area contributed by atoms with E-state index in [0.29, 0.717) is 41.0 Å². The van der Waals surface area contributed by atoms with Crippen molar-refractivity contribution in [2.75, 3.05) is 16.8 Å². The summed E-state index contributed by atoms with van der Waals surface area (Å²) < 4.78 is 99.7. The van der Waals surface area contributed by atoms with E-state index >= 15 is 0 Å². The predicted octanol–water partition coefficient (Wildman–Crippen LogP) is 5.59. The lowest BCUT2D eigenvalue weighted by atomic mass is 9.90. The lowest BCUT2D eigenvalue weighted by Crippen LogP contribution is -2.34. The molecule has 0 saturated carbocycles. The van der Waals surface area contributed by atoms with E-state index < -0.39 is 46.8 Å². The number of hydrogen-bond donors (Lipinski definition) is 5. The van der Waals surface area contributed by atoms with Gasteiger partial charge in [0.1, 0.15) is 4.91 Å². The van der Waals surface area contributed by atoms with E-state index in [9.17, 15) is 48.8 Å². The third-order valence-corrected chi connectivity index (χ3v) is 11.3. The molecule has 0 bridgehead atoms. The van der Waals surface area contributed by atoms with Crippen molar-refractivity contribution >= 4 is 53.1 Å². The van der Waals surface area contributed by atoms with Gasteiger partial charge in [0.05, 0.1) is 9.79 Å². The second-order valence-corrected chi connectivity index (χ2v) is 16.3. The summed E-state index contributed by atoms with van der Waals surface area (Å²) in [6.07, 6.45) is 3.51. The Morgan fingerprint density at radius 1 is 0.679 bits per heavy atom. The van der Waals surface area contributed by atoms with Gasteiger partial charge >= 0.3 is 0 Å². The molecule has 1 aliphatic rings. The Bertz CT molecular complexity index is 2440. The lowest BCUT2D eigenvalue weighted by Gasteiger charge is -2.30. The quantitative estimate of drug-likeness (QED) is 0.0828. The van der Waals surface area contributed by atoms with Gasteiger partial charge in [-0.1, -0.05) is 55.5 Å². The van der Waals surface area contributed by atoms with Crippen molar-refractivity contribution in [2.24, 2.45) is 0 Å². The number of rotatable bonds is 13. The van der Waals surface area contributed by atoms with Gasteiger partial charge in [0.2, 0.25) is 0 Å². The first-order chi connectivity index (χ1) is 24.8. The number of benzene rings is 4. The third kappa shape index (κ3) is 9.17. The molecule has 0 heterocycles. The van der Waals surface area contributed by atoms with Crippen LogP contribution in [-0.4, -0.2) is 56.3 Å². The number of ketones is 1. The van der Waals surface area contributed by atoms with Crippen LogP contribution >= 0.6 is 0 Å². The van der Waals surface area contributed by atoms with Gasteiger partial charge in [0, 0.05) is 41.7 Å². The molecule has 1 atom stereocenters. The van der Waals surface area contributed by atoms with Gasteiger partial charge in [0.15, 0.2) is 11.5 Å². The Hall–Kier alpha value is -4.94. The minimum atomic E-state index is -4.85. The van der Waals surface area contributed by atoms with Crippen LogP contribution in [0, 0.1) is 0 Å². The molecule has 0 spiro atoms. The normalized spacial score (nSPS) is 15.7. The molecule has 0 fully saturated rings. The molecule has 1 aliphatic carbocycles. The zero-order valence-electron chi connectivity index (χ0n) is 28.4. The zero-order valence-corrected chi connectivity index (χ0v) is 30.9. The SMILES string of the molecule is CCN(Cc1ccc(S(=O)(=O)O)cc1)c1ccc(C(=C2C=CC(=O)C=C2S(=O)(=O)O)c2ccc(NC(O)(CC)c3ccc(S(=O)(=O)O)cc3)cc2)cc1. The van der Waals surface area contributed by atoms with E-state index in [4.69, 9.17) is 0 Å². The molecule has 5 rings (SSSR count). The molecule has 0 radical (unpaired) electrons. The van der Waals surface area contributed by atoms with E-state index in [0.717, 1.165) is 17.3 Å². The van der Waals surface area contributed by atoms with Gasteiger partial charge in [-0.3, -0.25) is 18.5 Å². The Morgan fingerprint density at radius 2 is 1.19 bits per heavy atom. The van der Waals surface area contributed by atoms with Crippen LogP contribution in [0.2, 0.25) is 0 Å². The molecule has 0 aliphatic heterocycles. The van der Waals surface area contributed by atoms with Crippen LogP contribution in [0.15, 0.2) is 136 Å². The fourth-order valence-electron chi connectivity index (χ4n) is 5.84. The first-order valence-corrected chi connectivity index (χ1v) is 20.4. The third-order valence-electron chi connectivity index (χ3n) is 8.66. The molecule has 0 amide bonds. The zero-order chi connectivity index (χ0) is 38.8. The molecule has 16 heteroatoms. The molecule has 4 aromatic rings. The second kappa shape index (κ2) is 15.2. The van der Waals surface area contributed by atoms with Gasteiger partial charge in [-0.25, -0.2) is 0 Å². The number of nitrogens with one attached hydrogen (secondary N) is 1. The summed E-state index contributed by atoms with van der Waals surface area (Å²) in [5.74, 6) is -0.623. The van der Waals surface area contributed by atoms with E-state index in [1.165, 1.54) is 48.6 Å². The van der Waals surface area contributed by atoms with Crippen molar-refractivity contribution in [3.05, 3.63) is 148 Å². The Balaban J connectivity index is 1.51. The van der Waals surface area contributed by atoms with Gasteiger partial charge in [-0.15, -0.1) is 0 Å². The largest absolute Gasteiger partial charge is 0.367 e. The summed E-state index contributed by atoms with van der Waals surface area (Å²) in [5, 5.41) is 14.5. The number of hydrogen-bond acceptors (Lipinski definition) is 10. The van der Waals surface area contributed by atoms with E-state index in [2.05, 4.69) is 5.32 Å². The molecule has 1 unspecified atom stereocenters. The van der Waals surface area contributed by atoms with E-state index in [-0.39, 0.29) is 21.8 Å². The number of allylic oxidation sites excluding steroid dienone is 4. The lowest BCUT2D eigenvalue weighted by molar-refractivity contribution is -0.110. The van der Waals surface area contributed by atoms with Crippen LogP contribution < -0.4 is 10.2 Å². The van der Waals surface area contributed by atoms with Gasteiger partial charge in [-0.05, 0) is 96.3 Å². The van der Waals surface area contributed by atoms with Crippen LogP contribution in [0.25, 0.3) is 5.57 Å². The maximum absolute atomic E-state index is 12.5. The predicted molar refractivity (Wildman–Crippen MR) is 200 cm³/mol. The molecular weight excluding hydrogens is 745 g/mol. The maximum Gasteiger partial charge on any atom is 0.295 e. The summed E-state index contributed by atoms with van der Waals surface area (Å²) in [5.41, 5.74) is 2.16. The molecule has 0 saturated heterocycles. The van der Waals surface area contributed by atoms with Crippen molar-refractivity contribution < 1.29 is 48.8 Å². The Kier molecular flexibility index (Phi) is 11.3. The molecule has 5 N–H and O–H groups in total. The van der Waals surface area contributed by atoms with Crippen LogP contribution in [0.3, 0.4) is 0 Å². The average Bonchev–Trinajstić information content (AvgIpc) is 3.11. The molecular formula is C37H36N2O11S3. The number of carbonyl (C=O) groups is 1. The molecule has 53 heavy (non-hydrogen) atoms. The van der Waals surface area contributed by atoms with Crippen molar-refractivity contribution in [1.82, 2.24) is 0 Å². The summed E-state index contributed by atoms with van der Waals surface area (Å²) in [6.45, 7) is 4.62. The molecule has 0 aromatic heterocycles. The molecule has 13 nitrogen and oxygen atoms in total. The van der Waals surface area contributed by atoms with Crippen molar-refractivity contribution in [1.29, 1.82) is 0 Å². The highest BCUT2D eigenvalue weighted by atomic mass is 32.2. The van der Waals surface area contributed by atoms with Crippen LogP contribution in [-0.2, 0) is 47.4 Å². The van der Waals surface area contributed by atoms with Crippen molar-refractivity contribution in [2.45, 2.75) is 42.3 Å². The minimum Gasteiger partial charge on any atom is -0.367 e. The maximum atomic E-state index is 12.5. The first kappa shape index (κ1) is 39.3. The summed E-state index contributed by atoms with van der Waals surface area (Å²) in [7, 11) is -13.6. The van der Waals surface area contributed by atoms with E-state index in [1.807, 2.05) is 24.0 Å². The first-order valence-electron chi connectivity index (χ1n) is 16.1. The van der Waals surface area contributed by atoms with Crippen molar-refractivity contribution in [3.8, 4) is 0 Å². The van der Waals surface area contributed by atoms with Crippen LogP contribution in [0.1, 0.15) is 42.5 Å². The number of anilines is 2. The summed E-state index contributed by atoms with van der Waals surface area (Å²) in [6, 6.07) is 24.7. The highest BCUT2D eigenvalue weighted by Crippen LogP contribution is 2.37. The van der Waals surface area contributed by atoms with Crippen LogP contribution in [0.4, 0.5) is 11.4 Å². The fourth-order valence-corrected chi connectivity index (χ4v) is 7.51. The monoisotopic (exact) mass is 780 g/mol. The Labute approximate surface area is 307 Å². The Morgan fingerprint density at radius 3 is 1.66 bits per heavy atom. The smallest absolute Gasteiger partial charge is 0.295 e. The van der Waals surface area contributed by atoms with Gasteiger partial charge in [0.25, 0.3) is 30.4 Å². The second-order valence-electron chi connectivity index (χ2n) is 12.1. The highest BCUT2D eigenvalue weighted by Gasteiger charge is 2.29. The molecule has 4 aromatic carbocycles. The average molecular weight is 781 g/mol. The van der Waals surface area contributed by atoms with Crippen LogP contribution in [0.5, 0.6) is 0 Å². The minimum absolute atomic E-state index is 0.0656. The number of carbonyl (C=O) groups excluding carboxylic acids is 1. The summed E-state index contributed by atoms with van der Waals surface area (Å²) >= 11 is 0. The number of nitrogens with zero attached hydrogens (tertiary/aromatic N) is 1.